The topological polar surface area (TPSA) is 26.3 Å². The molecule has 0 aliphatic rings. The van der Waals surface area contributed by atoms with Gasteiger partial charge >= 0.3 is 5.97 Å². The van der Waals surface area contributed by atoms with E-state index >= 15 is 0 Å². The van der Waals surface area contributed by atoms with E-state index in [1.165, 1.54) is 0 Å². The lowest BCUT2D eigenvalue weighted by molar-refractivity contribution is -0.128. The van der Waals surface area contributed by atoms with Gasteiger partial charge in [-0.1, -0.05) is 49.0 Å². The first-order valence-electron chi connectivity index (χ1n) is 5.71. The third kappa shape index (κ3) is 2.66. The summed E-state index contributed by atoms with van der Waals surface area (Å²) < 4.78 is 5.27. The van der Waals surface area contributed by atoms with Crippen molar-refractivity contribution in [2.24, 2.45) is 0 Å². The smallest absolute Gasteiger partial charge is 0.335 e. The summed E-state index contributed by atoms with van der Waals surface area (Å²) >= 11 is 0. The Morgan fingerprint density at radius 2 is 1.89 bits per heavy atom. The van der Waals surface area contributed by atoms with Crippen molar-refractivity contribution < 1.29 is 9.53 Å². The normalized spacial score (nSPS) is 9.83. The Hall–Kier alpha value is -2.35. The van der Waals surface area contributed by atoms with Gasteiger partial charge in [-0.05, 0) is 24.1 Å². The molecule has 2 aromatic carbocycles. The van der Waals surface area contributed by atoms with Gasteiger partial charge in [-0.25, -0.2) is 4.79 Å². The summed E-state index contributed by atoms with van der Waals surface area (Å²) in [6.45, 7) is 5.37. The van der Waals surface area contributed by atoms with Crippen LogP contribution >= 0.6 is 0 Å². The van der Waals surface area contributed by atoms with Crippen LogP contribution in [0.2, 0.25) is 0 Å². The van der Waals surface area contributed by atoms with Crippen LogP contribution in [0, 0.1) is 6.92 Å². The second-order valence-corrected chi connectivity index (χ2v) is 3.99. The summed E-state index contributed by atoms with van der Waals surface area (Å²) in [7, 11) is 0. The van der Waals surface area contributed by atoms with Crippen molar-refractivity contribution in [3.8, 4) is 16.9 Å². The van der Waals surface area contributed by atoms with Crippen molar-refractivity contribution in [1.82, 2.24) is 0 Å². The summed E-state index contributed by atoms with van der Waals surface area (Å²) in [6.07, 6.45) is 1.16. The first-order chi connectivity index (χ1) is 8.70. The van der Waals surface area contributed by atoms with E-state index in [1.807, 2.05) is 55.5 Å². The lowest BCUT2D eigenvalue weighted by atomic mass is 10.0. The summed E-state index contributed by atoms with van der Waals surface area (Å²) in [5.74, 6) is 0.115. The fourth-order valence-electron chi connectivity index (χ4n) is 1.72. The highest BCUT2D eigenvalue weighted by Gasteiger charge is 2.09. The third-order valence-electron chi connectivity index (χ3n) is 2.60. The number of hydrogen-bond acceptors (Lipinski definition) is 2. The molecule has 0 aliphatic carbocycles. The predicted octanol–water partition coefficient (Wildman–Crippen LogP) is 3.75. The number of carbonyl (C=O) groups excluding carboxylic acids is 1. The van der Waals surface area contributed by atoms with Crippen LogP contribution in [0.15, 0.2) is 61.2 Å². The highest BCUT2D eigenvalue weighted by Crippen LogP contribution is 2.30. The van der Waals surface area contributed by atoms with Gasteiger partial charge in [0.1, 0.15) is 5.75 Å². The summed E-state index contributed by atoms with van der Waals surface area (Å²) in [5.41, 5.74) is 2.96. The molecule has 18 heavy (non-hydrogen) atoms. The van der Waals surface area contributed by atoms with Crippen LogP contribution in [-0.4, -0.2) is 5.97 Å². The number of hydrogen-bond donors (Lipinski definition) is 0. The van der Waals surface area contributed by atoms with Gasteiger partial charge in [0, 0.05) is 11.6 Å². The number of aryl methyl sites for hydroxylation is 1. The molecule has 0 spiro atoms. The molecule has 0 atom stereocenters. The SMILES string of the molecule is C=CC(=O)Oc1cc(C)ccc1-c1ccccc1. The monoisotopic (exact) mass is 238 g/mol. The van der Waals surface area contributed by atoms with Crippen LogP contribution in [0.1, 0.15) is 5.56 Å². The Bertz CT molecular complexity index is 571. The second kappa shape index (κ2) is 5.32. The van der Waals surface area contributed by atoms with E-state index in [-0.39, 0.29) is 0 Å². The highest BCUT2D eigenvalue weighted by atomic mass is 16.5. The molecule has 0 aromatic heterocycles. The van der Waals surface area contributed by atoms with E-state index in [2.05, 4.69) is 6.58 Å². The fourth-order valence-corrected chi connectivity index (χ4v) is 1.72. The fraction of sp³-hybridized carbons (Fsp3) is 0.0625. The Balaban J connectivity index is 2.47. The summed E-state index contributed by atoms with van der Waals surface area (Å²) in [4.78, 5) is 11.3. The maximum atomic E-state index is 11.3. The van der Waals surface area contributed by atoms with E-state index in [4.69, 9.17) is 4.74 Å². The van der Waals surface area contributed by atoms with Gasteiger partial charge in [0.05, 0.1) is 0 Å². The molecular formula is C16H14O2. The number of ether oxygens (including phenoxy) is 1. The van der Waals surface area contributed by atoms with Crippen LogP contribution in [0.4, 0.5) is 0 Å². The van der Waals surface area contributed by atoms with E-state index < -0.39 is 5.97 Å². The van der Waals surface area contributed by atoms with Gasteiger partial charge < -0.3 is 4.74 Å². The van der Waals surface area contributed by atoms with Gasteiger partial charge in [0.2, 0.25) is 0 Å². The molecule has 0 fully saturated rings. The minimum atomic E-state index is -0.446. The average Bonchev–Trinajstić information content (AvgIpc) is 2.40. The summed E-state index contributed by atoms with van der Waals surface area (Å²) in [5, 5.41) is 0. The third-order valence-corrected chi connectivity index (χ3v) is 2.60. The zero-order valence-electron chi connectivity index (χ0n) is 10.2. The van der Waals surface area contributed by atoms with Crippen LogP contribution in [0.25, 0.3) is 11.1 Å². The van der Waals surface area contributed by atoms with Crippen molar-refractivity contribution in [3.05, 3.63) is 66.7 Å². The zero-order valence-corrected chi connectivity index (χ0v) is 10.2. The van der Waals surface area contributed by atoms with E-state index in [1.54, 1.807) is 0 Å². The van der Waals surface area contributed by atoms with Crippen LogP contribution in [0.3, 0.4) is 0 Å². The van der Waals surface area contributed by atoms with Gasteiger partial charge in [0.25, 0.3) is 0 Å². The van der Waals surface area contributed by atoms with Crippen molar-refractivity contribution >= 4 is 5.97 Å². The molecule has 0 bridgehead atoms. The molecule has 2 nitrogen and oxygen atoms in total. The lowest BCUT2D eigenvalue weighted by Crippen LogP contribution is -2.04. The van der Waals surface area contributed by atoms with Crippen LogP contribution < -0.4 is 4.74 Å². The molecule has 90 valence electrons. The Morgan fingerprint density at radius 1 is 1.17 bits per heavy atom. The molecule has 0 radical (unpaired) electrons. The molecule has 0 amide bonds. The molecule has 0 N–H and O–H groups in total. The zero-order chi connectivity index (χ0) is 13.0. The maximum Gasteiger partial charge on any atom is 0.335 e. The first kappa shape index (κ1) is 12.1. The van der Waals surface area contributed by atoms with Crippen LogP contribution in [-0.2, 0) is 4.79 Å². The number of esters is 1. The molecule has 2 aromatic rings. The number of rotatable bonds is 3. The van der Waals surface area contributed by atoms with Gasteiger partial charge in [-0.3, -0.25) is 0 Å². The molecule has 0 saturated heterocycles. The van der Waals surface area contributed by atoms with Crippen molar-refractivity contribution in [2.45, 2.75) is 6.92 Å². The molecular weight excluding hydrogens is 224 g/mol. The van der Waals surface area contributed by atoms with Crippen molar-refractivity contribution in [2.75, 3.05) is 0 Å². The summed E-state index contributed by atoms with van der Waals surface area (Å²) in [6, 6.07) is 15.6. The first-order valence-corrected chi connectivity index (χ1v) is 5.71. The lowest BCUT2D eigenvalue weighted by Gasteiger charge is -2.10. The molecule has 0 saturated carbocycles. The standard InChI is InChI=1S/C16H14O2/c1-3-16(17)18-15-11-12(2)9-10-14(15)13-7-5-4-6-8-13/h3-11H,1H2,2H3. The molecule has 0 unspecified atom stereocenters. The molecule has 2 rings (SSSR count). The van der Waals surface area contributed by atoms with Crippen molar-refractivity contribution in [3.63, 3.8) is 0 Å². The van der Waals surface area contributed by atoms with Gasteiger partial charge in [-0.2, -0.15) is 0 Å². The van der Waals surface area contributed by atoms with E-state index in [9.17, 15) is 4.79 Å². The number of carbonyl (C=O) groups is 1. The molecule has 2 heteroatoms. The molecule has 0 aliphatic heterocycles. The van der Waals surface area contributed by atoms with E-state index in [0.717, 1.165) is 22.8 Å². The van der Waals surface area contributed by atoms with Crippen LogP contribution in [0.5, 0.6) is 5.75 Å². The minimum absolute atomic E-state index is 0.446. The number of benzene rings is 2. The Labute approximate surface area is 107 Å². The molecule has 0 heterocycles. The average molecular weight is 238 g/mol. The maximum absolute atomic E-state index is 11.3. The Kier molecular flexibility index (Phi) is 3.58. The van der Waals surface area contributed by atoms with E-state index in [0.29, 0.717) is 5.75 Å². The highest BCUT2D eigenvalue weighted by molar-refractivity contribution is 5.85. The predicted molar refractivity (Wildman–Crippen MR) is 72.4 cm³/mol. The van der Waals surface area contributed by atoms with Gasteiger partial charge in [0.15, 0.2) is 0 Å². The largest absolute Gasteiger partial charge is 0.423 e. The quantitative estimate of drug-likeness (QED) is 0.462. The van der Waals surface area contributed by atoms with Crippen molar-refractivity contribution in [1.29, 1.82) is 0 Å². The minimum Gasteiger partial charge on any atom is -0.423 e. The second-order valence-electron chi connectivity index (χ2n) is 3.99. The Morgan fingerprint density at radius 3 is 2.56 bits per heavy atom. The van der Waals surface area contributed by atoms with Gasteiger partial charge in [-0.15, -0.1) is 0 Å².